The van der Waals surface area contributed by atoms with E-state index in [0.717, 1.165) is 5.56 Å². The average molecular weight is 238 g/mol. The van der Waals surface area contributed by atoms with Gasteiger partial charge in [-0.25, -0.2) is 4.39 Å². The third kappa shape index (κ3) is 2.76. The van der Waals surface area contributed by atoms with Crippen LogP contribution in [-0.2, 0) is 0 Å². The van der Waals surface area contributed by atoms with Gasteiger partial charge < -0.3 is 15.7 Å². The largest absolute Gasteiger partial charge is 0.393 e. The predicted octanol–water partition coefficient (Wildman–Crippen LogP) is 1.81. The van der Waals surface area contributed by atoms with Crippen molar-refractivity contribution in [2.24, 2.45) is 5.73 Å². The van der Waals surface area contributed by atoms with Crippen LogP contribution < -0.4 is 10.6 Å². The highest BCUT2D eigenvalue weighted by Crippen LogP contribution is 2.25. The van der Waals surface area contributed by atoms with Crippen LogP contribution in [0, 0.1) is 5.82 Å². The maximum atomic E-state index is 13.9. The van der Waals surface area contributed by atoms with Gasteiger partial charge in [-0.2, -0.15) is 0 Å². The van der Waals surface area contributed by atoms with E-state index >= 15 is 0 Å². The molecule has 3 N–H and O–H groups in total. The molecule has 0 saturated carbocycles. The van der Waals surface area contributed by atoms with E-state index in [0.29, 0.717) is 31.6 Å². The van der Waals surface area contributed by atoms with E-state index in [2.05, 4.69) is 0 Å². The Morgan fingerprint density at radius 1 is 1.41 bits per heavy atom. The van der Waals surface area contributed by atoms with Crippen LogP contribution in [0.2, 0.25) is 0 Å². The standard InChI is InChI=1S/C13H19FN2O/c1-9(15)10-2-3-13(12(14)8-10)16-6-4-11(17)5-7-16/h2-3,8-9,11,17H,4-7,15H2,1H3. The van der Waals surface area contributed by atoms with E-state index in [1.54, 1.807) is 6.07 Å². The molecule has 3 nitrogen and oxygen atoms in total. The number of benzene rings is 1. The molecule has 0 radical (unpaired) electrons. The van der Waals surface area contributed by atoms with Crippen LogP contribution >= 0.6 is 0 Å². The zero-order valence-corrected chi connectivity index (χ0v) is 10.1. The summed E-state index contributed by atoms with van der Waals surface area (Å²) in [6, 6.07) is 5.01. The molecular weight excluding hydrogens is 219 g/mol. The fourth-order valence-electron chi connectivity index (χ4n) is 2.17. The van der Waals surface area contributed by atoms with Crippen molar-refractivity contribution in [2.45, 2.75) is 31.9 Å². The molecule has 1 aromatic rings. The molecule has 0 aromatic heterocycles. The molecule has 1 aliphatic rings. The van der Waals surface area contributed by atoms with E-state index in [4.69, 9.17) is 5.73 Å². The van der Waals surface area contributed by atoms with Crippen LogP contribution in [0.1, 0.15) is 31.4 Å². The predicted molar refractivity (Wildman–Crippen MR) is 66.5 cm³/mol. The van der Waals surface area contributed by atoms with Gasteiger partial charge in [-0.3, -0.25) is 0 Å². The highest BCUT2D eigenvalue weighted by Gasteiger charge is 2.19. The molecule has 1 atom stereocenters. The first kappa shape index (κ1) is 12.3. The van der Waals surface area contributed by atoms with Crippen LogP contribution in [0.4, 0.5) is 10.1 Å². The minimum atomic E-state index is -0.238. The van der Waals surface area contributed by atoms with Crippen LogP contribution in [0.25, 0.3) is 0 Å². The van der Waals surface area contributed by atoms with Gasteiger partial charge in [0, 0.05) is 19.1 Å². The van der Waals surface area contributed by atoms with Crippen molar-refractivity contribution in [3.05, 3.63) is 29.6 Å². The summed E-state index contributed by atoms with van der Waals surface area (Å²) in [5, 5.41) is 9.42. The topological polar surface area (TPSA) is 49.5 Å². The Morgan fingerprint density at radius 2 is 2.06 bits per heavy atom. The van der Waals surface area contributed by atoms with E-state index < -0.39 is 0 Å². The maximum Gasteiger partial charge on any atom is 0.146 e. The average Bonchev–Trinajstić information content (AvgIpc) is 2.30. The molecule has 4 heteroatoms. The van der Waals surface area contributed by atoms with E-state index in [-0.39, 0.29) is 18.0 Å². The van der Waals surface area contributed by atoms with Gasteiger partial charge in [-0.15, -0.1) is 0 Å². The molecule has 17 heavy (non-hydrogen) atoms. The Morgan fingerprint density at radius 3 is 2.59 bits per heavy atom. The summed E-state index contributed by atoms with van der Waals surface area (Å²) in [7, 11) is 0. The van der Waals surface area contributed by atoms with Crippen molar-refractivity contribution in [1.29, 1.82) is 0 Å². The quantitative estimate of drug-likeness (QED) is 0.826. The van der Waals surface area contributed by atoms with Gasteiger partial charge in [0.1, 0.15) is 5.82 Å². The maximum absolute atomic E-state index is 13.9. The smallest absolute Gasteiger partial charge is 0.146 e. The number of halogens is 1. The highest BCUT2D eigenvalue weighted by atomic mass is 19.1. The van der Waals surface area contributed by atoms with E-state index in [1.165, 1.54) is 6.07 Å². The molecule has 1 aromatic carbocycles. The Labute approximate surface area is 101 Å². The summed E-state index contributed by atoms with van der Waals surface area (Å²) in [4.78, 5) is 1.98. The van der Waals surface area contributed by atoms with Gasteiger partial charge in [-0.1, -0.05) is 6.07 Å². The van der Waals surface area contributed by atoms with Gasteiger partial charge in [0.2, 0.25) is 0 Å². The van der Waals surface area contributed by atoms with Crippen molar-refractivity contribution < 1.29 is 9.50 Å². The van der Waals surface area contributed by atoms with E-state index in [1.807, 2.05) is 17.9 Å². The Bertz CT molecular complexity index is 387. The van der Waals surface area contributed by atoms with Crippen molar-refractivity contribution in [3.8, 4) is 0 Å². The molecular formula is C13H19FN2O. The second kappa shape index (κ2) is 5.02. The van der Waals surface area contributed by atoms with E-state index in [9.17, 15) is 9.50 Å². The van der Waals surface area contributed by atoms with Gasteiger partial charge in [0.25, 0.3) is 0 Å². The first-order valence-electron chi connectivity index (χ1n) is 6.06. The molecule has 1 heterocycles. The fraction of sp³-hybridized carbons (Fsp3) is 0.538. The number of nitrogens with two attached hydrogens (primary N) is 1. The van der Waals surface area contributed by atoms with Gasteiger partial charge in [-0.05, 0) is 37.5 Å². The lowest BCUT2D eigenvalue weighted by Gasteiger charge is -2.31. The molecule has 0 aliphatic carbocycles. The number of aliphatic hydroxyl groups is 1. The number of hydrogen-bond donors (Lipinski definition) is 2. The lowest BCUT2D eigenvalue weighted by atomic mass is 10.0. The van der Waals surface area contributed by atoms with Crippen molar-refractivity contribution in [1.82, 2.24) is 0 Å². The summed E-state index contributed by atoms with van der Waals surface area (Å²) in [5.74, 6) is -0.226. The zero-order chi connectivity index (χ0) is 12.4. The Kier molecular flexibility index (Phi) is 3.64. The normalized spacial score (nSPS) is 19.4. The summed E-state index contributed by atoms with van der Waals surface area (Å²) in [6.45, 7) is 3.25. The second-order valence-corrected chi connectivity index (χ2v) is 4.72. The lowest BCUT2D eigenvalue weighted by molar-refractivity contribution is 0.145. The molecule has 0 amide bonds. The Balaban J connectivity index is 2.16. The zero-order valence-electron chi connectivity index (χ0n) is 10.1. The summed E-state index contributed by atoms with van der Waals surface area (Å²) < 4.78 is 13.9. The summed E-state index contributed by atoms with van der Waals surface area (Å²) in [6.07, 6.45) is 1.17. The number of nitrogens with zero attached hydrogens (tertiary/aromatic N) is 1. The Hall–Kier alpha value is -1.13. The molecule has 0 spiro atoms. The number of rotatable bonds is 2. The number of hydrogen-bond acceptors (Lipinski definition) is 3. The van der Waals surface area contributed by atoms with Gasteiger partial charge >= 0.3 is 0 Å². The minimum absolute atomic E-state index is 0.151. The van der Waals surface area contributed by atoms with Gasteiger partial charge in [0.05, 0.1) is 11.8 Å². The lowest BCUT2D eigenvalue weighted by Crippen LogP contribution is -2.36. The van der Waals surface area contributed by atoms with Crippen LogP contribution in [0.15, 0.2) is 18.2 Å². The number of piperidine rings is 1. The van der Waals surface area contributed by atoms with Crippen LogP contribution in [0.3, 0.4) is 0 Å². The molecule has 1 saturated heterocycles. The van der Waals surface area contributed by atoms with Crippen LogP contribution in [-0.4, -0.2) is 24.3 Å². The second-order valence-electron chi connectivity index (χ2n) is 4.72. The highest BCUT2D eigenvalue weighted by molar-refractivity contribution is 5.50. The van der Waals surface area contributed by atoms with Crippen molar-refractivity contribution in [3.63, 3.8) is 0 Å². The molecule has 1 unspecified atom stereocenters. The van der Waals surface area contributed by atoms with Crippen LogP contribution in [0.5, 0.6) is 0 Å². The fourth-order valence-corrected chi connectivity index (χ4v) is 2.17. The number of anilines is 1. The summed E-state index contributed by atoms with van der Waals surface area (Å²) in [5.41, 5.74) is 7.14. The first-order chi connectivity index (χ1) is 8.08. The number of aliphatic hydroxyl groups excluding tert-OH is 1. The third-order valence-corrected chi connectivity index (χ3v) is 3.30. The first-order valence-corrected chi connectivity index (χ1v) is 6.06. The van der Waals surface area contributed by atoms with Gasteiger partial charge in [0.15, 0.2) is 0 Å². The molecule has 2 rings (SSSR count). The summed E-state index contributed by atoms with van der Waals surface area (Å²) >= 11 is 0. The minimum Gasteiger partial charge on any atom is -0.393 e. The van der Waals surface area contributed by atoms with Crippen molar-refractivity contribution >= 4 is 5.69 Å². The monoisotopic (exact) mass is 238 g/mol. The van der Waals surface area contributed by atoms with Crippen molar-refractivity contribution in [2.75, 3.05) is 18.0 Å². The molecule has 1 aliphatic heterocycles. The molecule has 0 bridgehead atoms. The third-order valence-electron chi connectivity index (χ3n) is 3.30. The molecule has 1 fully saturated rings. The molecule has 94 valence electrons. The SMILES string of the molecule is CC(N)c1ccc(N2CCC(O)CC2)c(F)c1.